The first-order chi connectivity index (χ1) is 15.5. The number of nitrogens with one attached hydrogen (secondary N) is 1. The summed E-state index contributed by atoms with van der Waals surface area (Å²) < 4.78 is 16.0. The molecule has 0 saturated carbocycles. The molecule has 0 bridgehead atoms. The van der Waals surface area contributed by atoms with Crippen molar-refractivity contribution >= 4 is 23.0 Å². The number of rotatable bonds is 9. The second-order valence-corrected chi connectivity index (χ2v) is 7.54. The Balaban J connectivity index is 1.61. The van der Waals surface area contributed by atoms with Crippen LogP contribution < -0.4 is 15.7 Å². The quantitative estimate of drug-likeness (QED) is 0.297. The van der Waals surface area contributed by atoms with Gasteiger partial charge in [0.05, 0.1) is 11.8 Å². The van der Waals surface area contributed by atoms with E-state index in [4.69, 9.17) is 13.9 Å². The second-order valence-electron chi connectivity index (χ2n) is 7.54. The molecular weight excluding hydrogens is 410 g/mol. The number of carbonyl (C=O) groups is 2. The SMILES string of the molecule is CCCCc1cc(=O)oc2cc(C)cc(OC(=O)CCNC(=O)OCc3ccccc3)c12. The number of ether oxygens (including phenoxy) is 2. The first kappa shape index (κ1) is 23.1. The molecule has 168 valence electrons. The summed E-state index contributed by atoms with van der Waals surface area (Å²) in [6.45, 7) is 4.13. The number of hydrogen-bond donors (Lipinski definition) is 1. The fourth-order valence-corrected chi connectivity index (χ4v) is 3.33. The molecule has 1 N–H and O–H groups in total. The maximum atomic E-state index is 12.4. The van der Waals surface area contributed by atoms with Crippen LogP contribution in [-0.2, 0) is 22.6 Å². The van der Waals surface area contributed by atoms with Crippen molar-refractivity contribution in [3.05, 3.63) is 75.6 Å². The number of amides is 1. The number of benzene rings is 2. The molecule has 3 aromatic rings. The number of esters is 1. The van der Waals surface area contributed by atoms with Crippen LogP contribution in [0.25, 0.3) is 11.0 Å². The summed E-state index contributed by atoms with van der Waals surface area (Å²) in [5.41, 5.74) is 2.44. The Labute approximate surface area is 186 Å². The van der Waals surface area contributed by atoms with Gasteiger partial charge in [0.25, 0.3) is 0 Å². The van der Waals surface area contributed by atoms with Gasteiger partial charge in [-0.25, -0.2) is 9.59 Å². The van der Waals surface area contributed by atoms with Gasteiger partial charge in [0.15, 0.2) is 0 Å². The molecule has 0 aliphatic carbocycles. The van der Waals surface area contributed by atoms with Crippen LogP contribution in [0.5, 0.6) is 5.75 Å². The molecule has 1 amide bonds. The number of unbranched alkanes of at least 4 members (excludes halogenated alkanes) is 1. The van der Waals surface area contributed by atoms with Gasteiger partial charge in [-0.2, -0.15) is 0 Å². The Morgan fingerprint density at radius 2 is 1.88 bits per heavy atom. The van der Waals surface area contributed by atoms with Crippen molar-refractivity contribution in [2.75, 3.05) is 6.54 Å². The summed E-state index contributed by atoms with van der Waals surface area (Å²) in [5, 5.41) is 3.17. The van der Waals surface area contributed by atoms with E-state index in [1.165, 1.54) is 6.07 Å². The van der Waals surface area contributed by atoms with Crippen LogP contribution in [0.15, 0.2) is 57.7 Å². The van der Waals surface area contributed by atoms with Gasteiger partial charge < -0.3 is 19.2 Å². The van der Waals surface area contributed by atoms with Crippen molar-refractivity contribution in [1.29, 1.82) is 0 Å². The molecular formula is C25H27NO6. The lowest BCUT2D eigenvalue weighted by Crippen LogP contribution is -2.27. The molecule has 0 unspecified atom stereocenters. The minimum atomic E-state index is -0.605. The van der Waals surface area contributed by atoms with Crippen molar-refractivity contribution in [2.45, 2.75) is 46.1 Å². The average Bonchev–Trinajstić information content (AvgIpc) is 2.76. The number of aryl methyl sites for hydroxylation is 2. The van der Waals surface area contributed by atoms with Gasteiger partial charge >= 0.3 is 17.7 Å². The smallest absolute Gasteiger partial charge is 0.407 e. The van der Waals surface area contributed by atoms with Crippen molar-refractivity contribution in [1.82, 2.24) is 5.32 Å². The van der Waals surface area contributed by atoms with Crippen molar-refractivity contribution in [3.63, 3.8) is 0 Å². The van der Waals surface area contributed by atoms with Crippen molar-refractivity contribution in [2.24, 2.45) is 0 Å². The van der Waals surface area contributed by atoms with Crippen LogP contribution in [0.1, 0.15) is 42.9 Å². The van der Waals surface area contributed by atoms with E-state index >= 15 is 0 Å². The molecule has 32 heavy (non-hydrogen) atoms. The molecule has 1 aromatic heterocycles. The molecule has 3 rings (SSSR count). The summed E-state index contributed by atoms with van der Waals surface area (Å²) in [4.78, 5) is 36.2. The Bertz CT molecular complexity index is 1140. The predicted molar refractivity (Wildman–Crippen MR) is 121 cm³/mol. The lowest BCUT2D eigenvalue weighted by Gasteiger charge is -2.12. The van der Waals surface area contributed by atoms with Crippen molar-refractivity contribution < 1.29 is 23.5 Å². The number of alkyl carbamates (subject to hydrolysis) is 1. The first-order valence-electron chi connectivity index (χ1n) is 10.7. The molecule has 2 aromatic carbocycles. The van der Waals surface area contributed by atoms with Crippen LogP contribution in [0, 0.1) is 6.92 Å². The first-order valence-corrected chi connectivity index (χ1v) is 10.7. The molecule has 0 saturated heterocycles. The lowest BCUT2D eigenvalue weighted by atomic mass is 10.0. The van der Waals surface area contributed by atoms with Crippen LogP contribution in [-0.4, -0.2) is 18.6 Å². The average molecular weight is 437 g/mol. The van der Waals surface area contributed by atoms with E-state index in [-0.39, 0.29) is 19.6 Å². The predicted octanol–water partition coefficient (Wildman–Crippen LogP) is 4.67. The fraction of sp³-hybridized carbons (Fsp3) is 0.320. The highest BCUT2D eigenvalue weighted by Crippen LogP contribution is 2.31. The van der Waals surface area contributed by atoms with E-state index in [0.29, 0.717) is 23.1 Å². The summed E-state index contributed by atoms with van der Waals surface area (Å²) >= 11 is 0. The molecule has 0 atom stereocenters. The Morgan fingerprint density at radius 1 is 1.09 bits per heavy atom. The monoisotopic (exact) mass is 437 g/mol. The van der Waals surface area contributed by atoms with Gasteiger partial charge in [0, 0.05) is 12.6 Å². The third-order valence-electron chi connectivity index (χ3n) is 4.87. The highest BCUT2D eigenvalue weighted by atomic mass is 16.5. The lowest BCUT2D eigenvalue weighted by molar-refractivity contribution is -0.134. The second kappa shape index (κ2) is 11.1. The van der Waals surface area contributed by atoms with Gasteiger partial charge in [-0.3, -0.25) is 4.79 Å². The summed E-state index contributed by atoms with van der Waals surface area (Å²) in [6, 6.07) is 14.3. The van der Waals surface area contributed by atoms with E-state index in [0.717, 1.165) is 29.5 Å². The van der Waals surface area contributed by atoms with E-state index in [1.807, 2.05) is 37.3 Å². The molecule has 0 radical (unpaired) electrons. The number of carbonyl (C=O) groups excluding carboxylic acids is 2. The van der Waals surface area contributed by atoms with Gasteiger partial charge in [-0.15, -0.1) is 0 Å². The summed E-state index contributed by atoms with van der Waals surface area (Å²) in [5.74, 6) is -0.153. The Hall–Kier alpha value is -3.61. The molecule has 7 heteroatoms. The standard InChI is InChI=1S/C25H27NO6/c1-3-4-10-19-15-23(28)32-21-14-17(2)13-20(24(19)21)31-22(27)11-12-26-25(29)30-16-18-8-6-5-7-9-18/h5-9,13-15H,3-4,10-12,16H2,1-2H3,(H,26,29). The third kappa shape index (κ3) is 6.44. The molecule has 7 nitrogen and oxygen atoms in total. The molecule has 0 spiro atoms. The van der Waals surface area contributed by atoms with E-state index in [2.05, 4.69) is 12.2 Å². The maximum Gasteiger partial charge on any atom is 0.407 e. The van der Waals surface area contributed by atoms with Crippen molar-refractivity contribution in [3.8, 4) is 5.75 Å². The van der Waals surface area contributed by atoms with Crippen LogP contribution in [0.2, 0.25) is 0 Å². The maximum absolute atomic E-state index is 12.4. The molecule has 0 aliphatic heterocycles. The zero-order chi connectivity index (χ0) is 22.9. The zero-order valence-electron chi connectivity index (χ0n) is 18.3. The van der Waals surface area contributed by atoms with Gasteiger partial charge in [-0.1, -0.05) is 43.7 Å². The van der Waals surface area contributed by atoms with Crippen LogP contribution in [0.3, 0.4) is 0 Å². The summed E-state index contributed by atoms with van der Waals surface area (Å²) in [6.07, 6.45) is 1.91. The largest absolute Gasteiger partial charge is 0.445 e. The highest BCUT2D eigenvalue weighted by Gasteiger charge is 2.15. The fourth-order valence-electron chi connectivity index (χ4n) is 3.33. The Kier molecular flexibility index (Phi) is 8.02. The summed E-state index contributed by atoms with van der Waals surface area (Å²) in [7, 11) is 0. The van der Waals surface area contributed by atoms with Crippen LogP contribution in [0.4, 0.5) is 4.79 Å². The van der Waals surface area contributed by atoms with E-state index < -0.39 is 17.7 Å². The van der Waals surface area contributed by atoms with E-state index in [1.54, 1.807) is 12.1 Å². The normalized spacial score (nSPS) is 10.7. The Morgan fingerprint density at radius 3 is 2.62 bits per heavy atom. The zero-order valence-corrected chi connectivity index (χ0v) is 18.3. The highest BCUT2D eigenvalue weighted by molar-refractivity contribution is 5.90. The van der Waals surface area contributed by atoms with Gasteiger partial charge in [0.2, 0.25) is 0 Å². The molecule has 0 aliphatic rings. The minimum Gasteiger partial charge on any atom is -0.445 e. The van der Waals surface area contributed by atoms with E-state index in [9.17, 15) is 14.4 Å². The minimum absolute atomic E-state index is 0.0308. The molecule has 0 fully saturated rings. The van der Waals surface area contributed by atoms with Gasteiger partial charge in [-0.05, 0) is 48.6 Å². The van der Waals surface area contributed by atoms with Crippen LogP contribution >= 0.6 is 0 Å². The topological polar surface area (TPSA) is 94.8 Å². The van der Waals surface area contributed by atoms with Gasteiger partial charge in [0.1, 0.15) is 17.9 Å². The molecule has 1 heterocycles. The third-order valence-corrected chi connectivity index (χ3v) is 4.87. The number of hydrogen-bond acceptors (Lipinski definition) is 6. The number of fused-ring (bicyclic) bond motifs is 1.